The number of ether oxygens (including phenoxy) is 1. The predicted octanol–water partition coefficient (Wildman–Crippen LogP) is 2.11. The Bertz CT molecular complexity index is 469. The molecule has 0 radical (unpaired) electrons. The van der Waals surface area contributed by atoms with E-state index in [1.54, 1.807) is 0 Å². The number of para-hydroxylation sites is 1. The molecule has 1 unspecified atom stereocenters. The Kier molecular flexibility index (Phi) is 4.21. The van der Waals surface area contributed by atoms with Crippen LogP contribution in [0.1, 0.15) is 37.3 Å². The van der Waals surface area contributed by atoms with Crippen molar-refractivity contribution in [3.8, 4) is 5.75 Å². The molecule has 3 rings (SSSR count). The lowest BCUT2D eigenvalue weighted by atomic mass is 10.0. The molecule has 1 fully saturated rings. The number of nitrogens with zero attached hydrogens (tertiary/aromatic N) is 1. The zero-order valence-corrected chi connectivity index (χ0v) is 11.8. The fourth-order valence-electron chi connectivity index (χ4n) is 3.03. The Morgan fingerprint density at radius 2 is 2.10 bits per heavy atom. The lowest BCUT2D eigenvalue weighted by Gasteiger charge is -2.27. The van der Waals surface area contributed by atoms with Crippen molar-refractivity contribution in [1.29, 1.82) is 0 Å². The molecular formula is C16H22N2O2. The average molecular weight is 274 g/mol. The first-order valence-corrected chi connectivity index (χ1v) is 7.57. The van der Waals surface area contributed by atoms with Crippen molar-refractivity contribution in [2.45, 2.75) is 31.7 Å². The largest absolute Gasteiger partial charge is 0.493 e. The molecule has 0 spiro atoms. The lowest BCUT2D eigenvalue weighted by Crippen LogP contribution is -2.33. The van der Waals surface area contributed by atoms with Gasteiger partial charge in [-0.05, 0) is 18.9 Å². The summed E-state index contributed by atoms with van der Waals surface area (Å²) in [4.78, 5) is 14.0. The van der Waals surface area contributed by atoms with Gasteiger partial charge in [-0.3, -0.25) is 4.79 Å². The maximum absolute atomic E-state index is 12.0. The van der Waals surface area contributed by atoms with Crippen molar-refractivity contribution in [2.75, 3.05) is 26.2 Å². The van der Waals surface area contributed by atoms with Crippen LogP contribution in [-0.2, 0) is 4.79 Å². The molecule has 4 heteroatoms. The summed E-state index contributed by atoms with van der Waals surface area (Å²) in [6, 6.07) is 8.47. The standard InChI is InChI=1S/C16H22N2O2/c19-16(18-10-3-4-11-18)7-9-17-14-8-12-20-15-6-2-1-5-13(14)15/h1-2,5-6,14,17H,3-4,7-12H2. The van der Waals surface area contributed by atoms with Crippen LogP contribution in [0.15, 0.2) is 24.3 Å². The zero-order valence-electron chi connectivity index (χ0n) is 11.8. The van der Waals surface area contributed by atoms with Crippen molar-refractivity contribution in [3.63, 3.8) is 0 Å². The number of rotatable bonds is 4. The van der Waals surface area contributed by atoms with Gasteiger partial charge in [0.15, 0.2) is 0 Å². The van der Waals surface area contributed by atoms with E-state index < -0.39 is 0 Å². The van der Waals surface area contributed by atoms with Gasteiger partial charge in [0, 0.05) is 44.1 Å². The van der Waals surface area contributed by atoms with Gasteiger partial charge < -0.3 is 15.0 Å². The molecule has 0 aliphatic carbocycles. The molecule has 0 bridgehead atoms. The van der Waals surface area contributed by atoms with E-state index in [-0.39, 0.29) is 5.91 Å². The maximum Gasteiger partial charge on any atom is 0.223 e. The lowest BCUT2D eigenvalue weighted by molar-refractivity contribution is -0.130. The number of nitrogens with one attached hydrogen (secondary N) is 1. The van der Waals surface area contributed by atoms with E-state index in [1.165, 1.54) is 5.56 Å². The van der Waals surface area contributed by atoms with Gasteiger partial charge in [-0.25, -0.2) is 0 Å². The summed E-state index contributed by atoms with van der Waals surface area (Å²) in [5, 5.41) is 3.50. The number of hydrogen-bond donors (Lipinski definition) is 1. The van der Waals surface area contributed by atoms with E-state index in [1.807, 2.05) is 23.1 Å². The highest BCUT2D eigenvalue weighted by Crippen LogP contribution is 2.31. The van der Waals surface area contributed by atoms with E-state index in [0.29, 0.717) is 12.5 Å². The van der Waals surface area contributed by atoms with Crippen molar-refractivity contribution >= 4 is 5.91 Å². The van der Waals surface area contributed by atoms with Gasteiger partial charge in [0.05, 0.1) is 6.61 Å². The van der Waals surface area contributed by atoms with Crippen LogP contribution < -0.4 is 10.1 Å². The maximum atomic E-state index is 12.0. The summed E-state index contributed by atoms with van der Waals surface area (Å²) in [7, 11) is 0. The molecule has 0 saturated carbocycles. The van der Waals surface area contributed by atoms with Crippen LogP contribution in [0.5, 0.6) is 5.75 Å². The molecule has 1 atom stereocenters. The fourth-order valence-corrected chi connectivity index (χ4v) is 3.03. The van der Waals surface area contributed by atoms with E-state index in [4.69, 9.17) is 4.74 Å². The second-order valence-corrected chi connectivity index (χ2v) is 5.52. The Morgan fingerprint density at radius 3 is 2.95 bits per heavy atom. The number of benzene rings is 1. The van der Waals surface area contributed by atoms with Crippen LogP contribution >= 0.6 is 0 Å². The minimum Gasteiger partial charge on any atom is -0.493 e. The second-order valence-electron chi connectivity index (χ2n) is 5.52. The molecule has 0 aromatic heterocycles. The Morgan fingerprint density at radius 1 is 1.30 bits per heavy atom. The minimum absolute atomic E-state index is 0.287. The minimum atomic E-state index is 0.287. The van der Waals surface area contributed by atoms with Crippen LogP contribution in [0.4, 0.5) is 0 Å². The van der Waals surface area contributed by atoms with Gasteiger partial charge in [-0.15, -0.1) is 0 Å². The normalized spacial score (nSPS) is 21.4. The molecule has 1 N–H and O–H groups in total. The summed E-state index contributed by atoms with van der Waals surface area (Å²) in [6.45, 7) is 3.38. The first-order valence-electron chi connectivity index (χ1n) is 7.57. The summed E-state index contributed by atoms with van der Waals surface area (Å²) in [5.74, 6) is 1.26. The molecule has 20 heavy (non-hydrogen) atoms. The van der Waals surface area contributed by atoms with Crippen molar-refractivity contribution in [3.05, 3.63) is 29.8 Å². The SMILES string of the molecule is O=C(CCNC1CCOc2ccccc21)N1CCCC1. The van der Waals surface area contributed by atoms with Crippen LogP contribution in [-0.4, -0.2) is 37.0 Å². The van der Waals surface area contributed by atoms with E-state index >= 15 is 0 Å². The molecule has 1 aromatic carbocycles. The second kappa shape index (κ2) is 6.27. The van der Waals surface area contributed by atoms with Gasteiger partial charge in [0.25, 0.3) is 0 Å². The number of fused-ring (bicyclic) bond motifs is 1. The summed E-state index contributed by atoms with van der Waals surface area (Å²) < 4.78 is 5.65. The number of likely N-dealkylation sites (tertiary alicyclic amines) is 1. The van der Waals surface area contributed by atoms with Gasteiger partial charge in [0.1, 0.15) is 5.75 Å². The van der Waals surface area contributed by atoms with Gasteiger partial charge in [-0.2, -0.15) is 0 Å². The third-order valence-corrected chi connectivity index (χ3v) is 4.15. The molecule has 4 nitrogen and oxygen atoms in total. The third kappa shape index (κ3) is 2.96. The molecule has 1 amide bonds. The molecular weight excluding hydrogens is 252 g/mol. The molecule has 2 heterocycles. The van der Waals surface area contributed by atoms with E-state index in [0.717, 1.165) is 51.3 Å². The van der Waals surface area contributed by atoms with Crippen LogP contribution in [0.25, 0.3) is 0 Å². The highest BCUT2D eigenvalue weighted by Gasteiger charge is 2.21. The van der Waals surface area contributed by atoms with Crippen molar-refractivity contribution < 1.29 is 9.53 Å². The molecule has 1 saturated heterocycles. The smallest absolute Gasteiger partial charge is 0.223 e. The predicted molar refractivity (Wildman–Crippen MR) is 77.7 cm³/mol. The first-order chi connectivity index (χ1) is 9.84. The summed E-state index contributed by atoms with van der Waals surface area (Å²) >= 11 is 0. The van der Waals surface area contributed by atoms with Crippen LogP contribution in [0.3, 0.4) is 0 Å². The zero-order chi connectivity index (χ0) is 13.8. The first kappa shape index (κ1) is 13.4. The van der Waals surface area contributed by atoms with E-state index in [9.17, 15) is 4.79 Å². The monoisotopic (exact) mass is 274 g/mol. The van der Waals surface area contributed by atoms with Crippen molar-refractivity contribution in [2.24, 2.45) is 0 Å². The number of hydrogen-bond acceptors (Lipinski definition) is 3. The topological polar surface area (TPSA) is 41.6 Å². The molecule has 1 aromatic rings. The Balaban J connectivity index is 1.50. The van der Waals surface area contributed by atoms with E-state index in [2.05, 4.69) is 11.4 Å². The Labute approximate surface area is 120 Å². The van der Waals surface area contributed by atoms with Gasteiger partial charge in [0.2, 0.25) is 5.91 Å². The fraction of sp³-hybridized carbons (Fsp3) is 0.562. The Hall–Kier alpha value is -1.55. The van der Waals surface area contributed by atoms with Crippen LogP contribution in [0.2, 0.25) is 0 Å². The third-order valence-electron chi connectivity index (χ3n) is 4.15. The van der Waals surface area contributed by atoms with Crippen molar-refractivity contribution in [1.82, 2.24) is 10.2 Å². The van der Waals surface area contributed by atoms with Gasteiger partial charge in [-0.1, -0.05) is 18.2 Å². The molecule has 2 aliphatic heterocycles. The summed E-state index contributed by atoms with van der Waals surface area (Å²) in [5.41, 5.74) is 1.22. The highest BCUT2D eigenvalue weighted by atomic mass is 16.5. The number of amides is 1. The average Bonchev–Trinajstić information content (AvgIpc) is 3.02. The van der Waals surface area contributed by atoms with Crippen LogP contribution in [0, 0.1) is 0 Å². The molecule has 108 valence electrons. The summed E-state index contributed by atoms with van der Waals surface area (Å²) in [6.07, 6.45) is 3.88. The quantitative estimate of drug-likeness (QED) is 0.914. The van der Waals surface area contributed by atoms with Gasteiger partial charge >= 0.3 is 0 Å². The highest BCUT2D eigenvalue weighted by molar-refractivity contribution is 5.76. The molecule has 2 aliphatic rings. The number of carbonyl (C=O) groups is 1. The number of carbonyl (C=O) groups excluding carboxylic acids is 1.